The van der Waals surface area contributed by atoms with Crippen molar-refractivity contribution in [2.45, 2.75) is 32.3 Å². The van der Waals surface area contributed by atoms with Gasteiger partial charge in [0.1, 0.15) is 0 Å². The molecule has 0 bridgehead atoms. The lowest BCUT2D eigenvalue weighted by atomic mass is 9.82. The highest BCUT2D eigenvalue weighted by atomic mass is 16.5. The molecular formula is C13H20O3. The van der Waals surface area contributed by atoms with Gasteiger partial charge in [0.05, 0.1) is 18.6 Å². The molecule has 1 saturated carbocycles. The van der Waals surface area contributed by atoms with Gasteiger partial charge in [0, 0.05) is 7.11 Å². The van der Waals surface area contributed by atoms with Crippen molar-refractivity contribution in [3.05, 3.63) is 12.2 Å². The SMILES string of the molecule is CCOC(=O)C1C(OC)CC2C=CCCC21. The predicted molar refractivity (Wildman–Crippen MR) is 60.9 cm³/mol. The normalized spacial score (nSPS) is 37.1. The fourth-order valence-electron chi connectivity index (χ4n) is 3.11. The molecule has 0 saturated heterocycles. The van der Waals surface area contributed by atoms with Gasteiger partial charge < -0.3 is 9.47 Å². The Balaban J connectivity index is 2.13. The fraction of sp³-hybridized carbons (Fsp3) is 0.769. The summed E-state index contributed by atoms with van der Waals surface area (Å²) in [5.41, 5.74) is 0. The second kappa shape index (κ2) is 5.00. The number of ether oxygens (including phenoxy) is 2. The minimum absolute atomic E-state index is 0.0387. The zero-order valence-corrected chi connectivity index (χ0v) is 10.0. The van der Waals surface area contributed by atoms with Crippen LogP contribution in [0.15, 0.2) is 12.2 Å². The maximum absolute atomic E-state index is 11.9. The number of fused-ring (bicyclic) bond motifs is 1. The van der Waals surface area contributed by atoms with Crippen molar-refractivity contribution >= 4 is 5.97 Å². The van der Waals surface area contributed by atoms with Crippen LogP contribution in [0.2, 0.25) is 0 Å². The Hall–Kier alpha value is -0.830. The van der Waals surface area contributed by atoms with Gasteiger partial charge in [0.25, 0.3) is 0 Å². The molecule has 4 unspecified atom stereocenters. The molecule has 0 aromatic carbocycles. The minimum Gasteiger partial charge on any atom is -0.466 e. The van der Waals surface area contributed by atoms with Crippen molar-refractivity contribution in [2.75, 3.05) is 13.7 Å². The van der Waals surface area contributed by atoms with E-state index in [0.717, 1.165) is 19.3 Å². The Kier molecular flexibility index (Phi) is 3.64. The average Bonchev–Trinajstić information content (AvgIpc) is 2.67. The average molecular weight is 224 g/mol. The molecule has 0 aromatic heterocycles. The van der Waals surface area contributed by atoms with Crippen molar-refractivity contribution in [2.24, 2.45) is 17.8 Å². The van der Waals surface area contributed by atoms with Gasteiger partial charge in [-0.3, -0.25) is 4.79 Å². The number of carbonyl (C=O) groups is 1. The van der Waals surface area contributed by atoms with Gasteiger partial charge in [-0.05, 0) is 38.0 Å². The third kappa shape index (κ3) is 2.01. The van der Waals surface area contributed by atoms with Crippen molar-refractivity contribution in [1.29, 1.82) is 0 Å². The molecule has 2 aliphatic carbocycles. The maximum atomic E-state index is 11.9. The summed E-state index contributed by atoms with van der Waals surface area (Å²) < 4.78 is 10.6. The lowest BCUT2D eigenvalue weighted by molar-refractivity contribution is -0.153. The molecule has 0 radical (unpaired) electrons. The van der Waals surface area contributed by atoms with Crippen LogP contribution < -0.4 is 0 Å². The summed E-state index contributed by atoms with van der Waals surface area (Å²) in [6.07, 6.45) is 7.64. The van der Waals surface area contributed by atoms with Crippen molar-refractivity contribution in [3.63, 3.8) is 0 Å². The molecule has 0 aliphatic heterocycles. The highest BCUT2D eigenvalue weighted by Gasteiger charge is 2.47. The third-order valence-corrected chi connectivity index (χ3v) is 3.83. The summed E-state index contributed by atoms with van der Waals surface area (Å²) in [4.78, 5) is 11.9. The van der Waals surface area contributed by atoms with Crippen molar-refractivity contribution in [3.8, 4) is 0 Å². The van der Waals surface area contributed by atoms with E-state index in [-0.39, 0.29) is 18.0 Å². The molecule has 3 heteroatoms. The first kappa shape index (κ1) is 11.6. The van der Waals surface area contributed by atoms with E-state index in [4.69, 9.17) is 9.47 Å². The summed E-state index contributed by atoms with van der Waals surface area (Å²) in [5.74, 6) is 0.805. The second-order valence-corrected chi connectivity index (χ2v) is 4.62. The smallest absolute Gasteiger partial charge is 0.311 e. The first-order valence-corrected chi connectivity index (χ1v) is 6.14. The zero-order chi connectivity index (χ0) is 11.5. The molecule has 1 fully saturated rings. The van der Waals surface area contributed by atoms with E-state index in [0.29, 0.717) is 18.4 Å². The zero-order valence-electron chi connectivity index (χ0n) is 10.0. The van der Waals surface area contributed by atoms with Crippen LogP contribution in [0.5, 0.6) is 0 Å². The summed E-state index contributed by atoms with van der Waals surface area (Å²) >= 11 is 0. The van der Waals surface area contributed by atoms with Gasteiger partial charge in [-0.2, -0.15) is 0 Å². The monoisotopic (exact) mass is 224 g/mol. The molecule has 0 amide bonds. The number of allylic oxidation sites excluding steroid dienone is 2. The summed E-state index contributed by atoms with van der Waals surface area (Å²) in [6.45, 7) is 2.31. The van der Waals surface area contributed by atoms with Crippen LogP contribution >= 0.6 is 0 Å². The summed E-state index contributed by atoms with van der Waals surface area (Å²) in [7, 11) is 1.69. The Morgan fingerprint density at radius 2 is 2.31 bits per heavy atom. The van der Waals surface area contributed by atoms with E-state index in [1.807, 2.05) is 6.92 Å². The lowest BCUT2D eigenvalue weighted by Gasteiger charge is -2.25. The van der Waals surface area contributed by atoms with E-state index >= 15 is 0 Å². The second-order valence-electron chi connectivity index (χ2n) is 4.62. The van der Waals surface area contributed by atoms with Gasteiger partial charge in [-0.1, -0.05) is 12.2 Å². The van der Waals surface area contributed by atoms with Gasteiger partial charge in [0.15, 0.2) is 0 Å². The Morgan fingerprint density at radius 1 is 1.50 bits per heavy atom. The molecule has 90 valence electrons. The van der Waals surface area contributed by atoms with Crippen LogP contribution in [-0.2, 0) is 14.3 Å². The molecule has 2 aliphatic rings. The van der Waals surface area contributed by atoms with Crippen LogP contribution in [0, 0.1) is 17.8 Å². The van der Waals surface area contributed by atoms with Gasteiger partial charge >= 0.3 is 5.97 Å². The molecule has 0 spiro atoms. The van der Waals surface area contributed by atoms with Crippen LogP contribution in [0.25, 0.3) is 0 Å². The first-order chi connectivity index (χ1) is 7.77. The Labute approximate surface area is 96.8 Å². The third-order valence-electron chi connectivity index (χ3n) is 3.83. The van der Waals surface area contributed by atoms with Crippen LogP contribution in [0.4, 0.5) is 0 Å². The van der Waals surface area contributed by atoms with E-state index in [1.165, 1.54) is 0 Å². The summed E-state index contributed by atoms with van der Waals surface area (Å²) in [5, 5.41) is 0. The first-order valence-electron chi connectivity index (χ1n) is 6.14. The van der Waals surface area contributed by atoms with E-state index in [9.17, 15) is 4.79 Å². The van der Waals surface area contributed by atoms with E-state index in [1.54, 1.807) is 7.11 Å². The van der Waals surface area contributed by atoms with Crippen molar-refractivity contribution < 1.29 is 14.3 Å². The molecule has 16 heavy (non-hydrogen) atoms. The number of hydrogen-bond donors (Lipinski definition) is 0. The fourth-order valence-corrected chi connectivity index (χ4v) is 3.11. The number of rotatable bonds is 3. The van der Waals surface area contributed by atoms with Gasteiger partial charge in [-0.25, -0.2) is 0 Å². The number of esters is 1. The lowest BCUT2D eigenvalue weighted by Crippen LogP contribution is -2.32. The molecule has 0 heterocycles. The number of hydrogen-bond acceptors (Lipinski definition) is 3. The topological polar surface area (TPSA) is 35.5 Å². The Bertz CT molecular complexity index is 285. The van der Waals surface area contributed by atoms with Gasteiger partial charge in [-0.15, -0.1) is 0 Å². The van der Waals surface area contributed by atoms with Crippen LogP contribution in [0.1, 0.15) is 26.2 Å². The van der Waals surface area contributed by atoms with Crippen LogP contribution in [-0.4, -0.2) is 25.8 Å². The molecule has 2 rings (SSSR count). The van der Waals surface area contributed by atoms with Crippen LogP contribution in [0.3, 0.4) is 0 Å². The highest BCUT2D eigenvalue weighted by Crippen LogP contribution is 2.44. The van der Waals surface area contributed by atoms with E-state index < -0.39 is 0 Å². The molecule has 3 nitrogen and oxygen atoms in total. The van der Waals surface area contributed by atoms with Crippen molar-refractivity contribution in [1.82, 2.24) is 0 Å². The number of methoxy groups -OCH3 is 1. The largest absolute Gasteiger partial charge is 0.466 e. The molecule has 0 N–H and O–H groups in total. The molecule has 0 aromatic rings. The molecule has 4 atom stereocenters. The summed E-state index contributed by atoms with van der Waals surface area (Å²) in [6, 6.07) is 0. The van der Waals surface area contributed by atoms with Gasteiger partial charge in [0.2, 0.25) is 0 Å². The maximum Gasteiger partial charge on any atom is 0.311 e. The standard InChI is InChI=1S/C13H20O3/c1-3-16-13(14)12-10-7-5-4-6-9(10)8-11(12)15-2/h4,6,9-12H,3,5,7-8H2,1-2H3. The molecular weight excluding hydrogens is 204 g/mol. The quantitative estimate of drug-likeness (QED) is 0.544. The number of carbonyl (C=O) groups excluding carboxylic acids is 1. The minimum atomic E-state index is -0.0721. The highest BCUT2D eigenvalue weighted by molar-refractivity contribution is 5.74. The predicted octanol–water partition coefficient (Wildman–Crippen LogP) is 2.17. The van der Waals surface area contributed by atoms with E-state index in [2.05, 4.69) is 12.2 Å². The Morgan fingerprint density at radius 3 is 3.00 bits per heavy atom.